The van der Waals surface area contributed by atoms with Crippen molar-refractivity contribution in [2.75, 3.05) is 0 Å². The maximum atomic E-state index is 5.80. The highest BCUT2D eigenvalue weighted by molar-refractivity contribution is 6.29. The van der Waals surface area contributed by atoms with Crippen molar-refractivity contribution in [1.82, 2.24) is 9.97 Å². The number of pyridine rings is 2. The summed E-state index contributed by atoms with van der Waals surface area (Å²) in [4.78, 5) is 8.12. The zero-order valence-corrected chi connectivity index (χ0v) is 9.82. The average molecular weight is 235 g/mol. The van der Waals surface area contributed by atoms with E-state index < -0.39 is 0 Å². The van der Waals surface area contributed by atoms with Gasteiger partial charge in [-0.3, -0.25) is 4.98 Å². The molecular formula is C12H11ClN2O. The molecule has 0 unspecified atom stereocenters. The van der Waals surface area contributed by atoms with Crippen LogP contribution in [0.3, 0.4) is 0 Å². The molecule has 2 aromatic heterocycles. The average Bonchev–Trinajstić information content (AvgIpc) is 2.27. The van der Waals surface area contributed by atoms with Crippen molar-refractivity contribution < 1.29 is 4.74 Å². The van der Waals surface area contributed by atoms with Crippen LogP contribution in [0.1, 0.15) is 11.3 Å². The summed E-state index contributed by atoms with van der Waals surface area (Å²) in [6.07, 6.45) is 3.36. The Balaban J connectivity index is 2.26. The number of halogens is 1. The van der Waals surface area contributed by atoms with E-state index in [1.165, 1.54) is 0 Å². The summed E-state index contributed by atoms with van der Waals surface area (Å²) in [7, 11) is 0. The highest BCUT2D eigenvalue weighted by Crippen LogP contribution is 2.25. The number of aromatic nitrogens is 2. The van der Waals surface area contributed by atoms with Gasteiger partial charge in [0.1, 0.15) is 16.7 Å². The zero-order chi connectivity index (χ0) is 11.5. The third kappa shape index (κ3) is 2.49. The monoisotopic (exact) mass is 234 g/mol. The van der Waals surface area contributed by atoms with Gasteiger partial charge in [0.2, 0.25) is 0 Å². The van der Waals surface area contributed by atoms with Gasteiger partial charge in [-0.15, -0.1) is 0 Å². The number of hydrogen-bond donors (Lipinski definition) is 0. The number of aryl methyl sites for hydroxylation is 2. The van der Waals surface area contributed by atoms with Gasteiger partial charge in [-0.05, 0) is 26.0 Å². The van der Waals surface area contributed by atoms with E-state index in [9.17, 15) is 0 Å². The maximum absolute atomic E-state index is 5.80. The number of nitrogens with zero attached hydrogens (tertiary/aromatic N) is 2. The van der Waals surface area contributed by atoms with Gasteiger partial charge in [-0.2, -0.15) is 0 Å². The van der Waals surface area contributed by atoms with Gasteiger partial charge in [-0.25, -0.2) is 4.98 Å². The first-order valence-corrected chi connectivity index (χ1v) is 5.25. The minimum atomic E-state index is 0.417. The molecule has 0 aliphatic heterocycles. The SMILES string of the molecule is Cc1ccc(Oc2cc(Cl)ncc2C)cn1. The van der Waals surface area contributed by atoms with Crippen LogP contribution in [0.5, 0.6) is 11.5 Å². The highest BCUT2D eigenvalue weighted by Gasteiger charge is 2.03. The van der Waals surface area contributed by atoms with Crippen LogP contribution in [0, 0.1) is 13.8 Å². The lowest BCUT2D eigenvalue weighted by Crippen LogP contribution is -1.90. The fraction of sp³-hybridized carbons (Fsp3) is 0.167. The van der Waals surface area contributed by atoms with Crippen molar-refractivity contribution in [3.63, 3.8) is 0 Å². The summed E-state index contributed by atoms with van der Waals surface area (Å²) < 4.78 is 5.66. The minimum Gasteiger partial charge on any atom is -0.455 e. The van der Waals surface area contributed by atoms with Crippen LogP contribution in [0.2, 0.25) is 5.15 Å². The van der Waals surface area contributed by atoms with Crippen molar-refractivity contribution in [2.24, 2.45) is 0 Å². The second-order valence-corrected chi connectivity index (χ2v) is 3.90. The van der Waals surface area contributed by atoms with Gasteiger partial charge in [0, 0.05) is 23.5 Å². The molecule has 2 aromatic rings. The van der Waals surface area contributed by atoms with Gasteiger partial charge >= 0.3 is 0 Å². The quantitative estimate of drug-likeness (QED) is 0.746. The fourth-order valence-corrected chi connectivity index (χ4v) is 1.38. The second-order valence-electron chi connectivity index (χ2n) is 3.51. The van der Waals surface area contributed by atoms with E-state index in [0.29, 0.717) is 16.7 Å². The van der Waals surface area contributed by atoms with Gasteiger partial charge < -0.3 is 4.74 Å². The maximum Gasteiger partial charge on any atom is 0.145 e. The lowest BCUT2D eigenvalue weighted by atomic mass is 10.3. The first kappa shape index (κ1) is 10.9. The Morgan fingerprint density at radius 3 is 2.62 bits per heavy atom. The lowest BCUT2D eigenvalue weighted by Gasteiger charge is -2.08. The van der Waals surface area contributed by atoms with Gasteiger partial charge in [0.15, 0.2) is 0 Å². The van der Waals surface area contributed by atoms with Crippen LogP contribution in [0.4, 0.5) is 0 Å². The summed E-state index contributed by atoms with van der Waals surface area (Å²) in [6.45, 7) is 3.85. The molecule has 0 spiro atoms. The number of ether oxygens (including phenoxy) is 1. The van der Waals surface area contributed by atoms with E-state index in [2.05, 4.69) is 9.97 Å². The first-order valence-electron chi connectivity index (χ1n) is 4.88. The summed E-state index contributed by atoms with van der Waals surface area (Å²) in [5, 5.41) is 0.417. The summed E-state index contributed by atoms with van der Waals surface area (Å²) >= 11 is 5.80. The molecule has 82 valence electrons. The third-order valence-electron chi connectivity index (χ3n) is 2.13. The Kier molecular flexibility index (Phi) is 3.06. The predicted octanol–water partition coefficient (Wildman–Crippen LogP) is 3.54. The largest absolute Gasteiger partial charge is 0.455 e. The molecule has 0 N–H and O–H groups in total. The van der Waals surface area contributed by atoms with Crippen molar-refractivity contribution in [1.29, 1.82) is 0 Å². The molecule has 0 aliphatic carbocycles. The molecule has 0 saturated carbocycles. The first-order chi connectivity index (χ1) is 7.65. The van der Waals surface area contributed by atoms with Crippen molar-refractivity contribution >= 4 is 11.6 Å². The number of hydrogen-bond acceptors (Lipinski definition) is 3. The molecule has 0 saturated heterocycles. The second kappa shape index (κ2) is 4.49. The molecule has 3 nitrogen and oxygen atoms in total. The molecule has 0 aliphatic rings. The van der Waals surface area contributed by atoms with Crippen LogP contribution in [-0.4, -0.2) is 9.97 Å². The molecule has 2 rings (SSSR count). The van der Waals surface area contributed by atoms with Crippen LogP contribution in [0.25, 0.3) is 0 Å². The van der Waals surface area contributed by atoms with Crippen LogP contribution in [-0.2, 0) is 0 Å². The Morgan fingerprint density at radius 1 is 1.12 bits per heavy atom. The van der Waals surface area contributed by atoms with E-state index in [-0.39, 0.29) is 0 Å². The highest BCUT2D eigenvalue weighted by atomic mass is 35.5. The molecule has 0 atom stereocenters. The van der Waals surface area contributed by atoms with Gasteiger partial charge in [-0.1, -0.05) is 11.6 Å². The predicted molar refractivity (Wildman–Crippen MR) is 63.0 cm³/mol. The van der Waals surface area contributed by atoms with E-state index in [1.807, 2.05) is 26.0 Å². The fourth-order valence-electron chi connectivity index (χ4n) is 1.23. The summed E-state index contributed by atoms with van der Waals surface area (Å²) in [5.74, 6) is 1.39. The Hall–Kier alpha value is -1.61. The van der Waals surface area contributed by atoms with E-state index >= 15 is 0 Å². The molecule has 0 bridgehead atoms. The van der Waals surface area contributed by atoms with Crippen molar-refractivity contribution in [3.05, 3.63) is 47.0 Å². The molecule has 0 radical (unpaired) electrons. The van der Waals surface area contributed by atoms with Crippen LogP contribution in [0.15, 0.2) is 30.6 Å². The lowest BCUT2D eigenvalue weighted by molar-refractivity contribution is 0.475. The molecule has 0 aromatic carbocycles. The molecule has 2 heterocycles. The van der Waals surface area contributed by atoms with Crippen LogP contribution < -0.4 is 4.74 Å². The molecule has 0 amide bonds. The molecule has 4 heteroatoms. The smallest absolute Gasteiger partial charge is 0.145 e. The van der Waals surface area contributed by atoms with Gasteiger partial charge in [0.05, 0.1) is 6.20 Å². The topological polar surface area (TPSA) is 35.0 Å². The van der Waals surface area contributed by atoms with Crippen molar-refractivity contribution in [2.45, 2.75) is 13.8 Å². The Labute approximate surface area is 99.1 Å². The van der Waals surface area contributed by atoms with E-state index in [4.69, 9.17) is 16.3 Å². The third-order valence-corrected chi connectivity index (χ3v) is 2.34. The number of rotatable bonds is 2. The molecule has 0 fully saturated rings. The van der Waals surface area contributed by atoms with Gasteiger partial charge in [0.25, 0.3) is 0 Å². The Morgan fingerprint density at radius 2 is 1.94 bits per heavy atom. The van der Waals surface area contributed by atoms with Crippen LogP contribution >= 0.6 is 11.6 Å². The zero-order valence-electron chi connectivity index (χ0n) is 9.07. The van der Waals surface area contributed by atoms with E-state index in [1.54, 1.807) is 18.5 Å². The standard InChI is InChI=1S/C12H11ClN2O/c1-8-6-15-12(13)5-11(8)16-10-4-3-9(2)14-7-10/h3-7H,1-2H3. The van der Waals surface area contributed by atoms with E-state index in [0.717, 1.165) is 11.3 Å². The normalized spacial score (nSPS) is 10.2. The van der Waals surface area contributed by atoms with Crippen molar-refractivity contribution in [3.8, 4) is 11.5 Å². The molecule has 16 heavy (non-hydrogen) atoms. The summed E-state index contributed by atoms with van der Waals surface area (Å²) in [6, 6.07) is 5.46. The molecular weight excluding hydrogens is 224 g/mol. The Bertz CT molecular complexity index is 497. The minimum absolute atomic E-state index is 0.417. The summed E-state index contributed by atoms with van der Waals surface area (Å²) in [5.41, 5.74) is 1.89.